The lowest BCUT2D eigenvalue weighted by molar-refractivity contribution is -0.384. The quantitative estimate of drug-likeness (QED) is 0.614. The van der Waals surface area contributed by atoms with Crippen molar-refractivity contribution in [3.05, 3.63) is 32.8 Å². The average Bonchev–Trinajstić information content (AvgIpc) is 2.80. The number of nitro benzene ring substituents is 1. The topological polar surface area (TPSA) is 46.4 Å². The Morgan fingerprint density at radius 3 is 2.32 bits per heavy atom. The average molecular weight is 295 g/mol. The molecule has 0 N–H and O–H groups in total. The summed E-state index contributed by atoms with van der Waals surface area (Å²) in [6, 6.07) is 1.55. The molecule has 1 aliphatic rings. The Kier molecular flexibility index (Phi) is 3.58. The van der Waals surface area contributed by atoms with Crippen LogP contribution in [0.4, 0.5) is 24.5 Å². The maximum absolute atomic E-state index is 12.8. The van der Waals surface area contributed by atoms with Gasteiger partial charge < -0.3 is 4.90 Å². The van der Waals surface area contributed by atoms with Crippen molar-refractivity contribution in [2.45, 2.75) is 19.0 Å². The van der Waals surface area contributed by atoms with Gasteiger partial charge in [-0.25, -0.2) is 0 Å². The second-order valence-corrected chi connectivity index (χ2v) is 4.68. The van der Waals surface area contributed by atoms with Crippen LogP contribution in [0, 0.1) is 10.1 Å². The van der Waals surface area contributed by atoms with Crippen molar-refractivity contribution in [2.75, 3.05) is 18.0 Å². The molecule has 0 spiro atoms. The number of hydrogen-bond acceptors (Lipinski definition) is 3. The SMILES string of the molecule is O=[N+]([O-])c1cc(Cl)c(C(F)(F)F)cc1N1CCCC1. The molecule has 0 amide bonds. The van der Waals surface area contributed by atoms with Crippen LogP contribution in [0.25, 0.3) is 0 Å². The molecule has 1 aromatic rings. The van der Waals surface area contributed by atoms with Crippen molar-refractivity contribution in [2.24, 2.45) is 0 Å². The molecular weight excluding hydrogens is 285 g/mol. The summed E-state index contributed by atoms with van der Waals surface area (Å²) in [5, 5.41) is 10.3. The van der Waals surface area contributed by atoms with E-state index in [0.717, 1.165) is 25.0 Å². The van der Waals surface area contributed by atoms with Crippen LogP contribution in [0.3, 0.4) is 0 Å². The molecule has 1 aliphatic heterocycles. The monoisotopic (exact) mass is 294 g/mol. The van der Waals surface area contributed by atoms with E-state index in [9.17, 15) is 23.3 Å². The second kappa shape index (κ2) is 4.88. The minimum absolute atomic E-state index is 0.0146. The fourth-order valence-corrected chi connectivity index (χ4v) is 2.39. The second-order valence-electron chi connectivity index (χ2n) is 4.27. The lowest BCUT2D eigenvalue weighted by atomic mass is 10.1. The summed E-state index contributed by atoms with van der Waals surface area (Å²) in [6.07, 6.45) is -3.01. The van der Waals surface area contributed by atoms with Crippen molar-refractivity contribution in [1.82, 2.24) is 0 Å². The molecule has 8 heteroatoms. The van der Waals surface area contributed by atoms with Crippen molar-refractivity contribution >= 4 is 23.0 Å². The Morgan fingerprint density at radius 2 is 1.84 bits per heavy atom. The van der Waals surface area contributed by atoms with Gasteiger partial charge in [-0.1, -0.05) is 11.6 Å². The molecule has 0 atom stereocenters. The summed E-state index contributed by atoms with van der Waals surface area (Å²) in [6.45, 7) is 1.03. The van der Waals surface area contributed by atoms with Crippen LogP contribution in [-0.2, 0) is 6.18 Å². The van der Waals surface area contributed by atoms with E-state index >= 15 is 0 Å². The Hall–Kier alpha value is -1.50. The van der Waals surface area contributed by atoms with E-state index in [2.05, 4.69) is 0 Å². The summed E-state index contributed by atoms with van der Waals surface area (Å²) in [5.74, 6) is 0. The van der Waals surface area contributed by atoms with Gasteiger partial charge in [0.25, 0.3) is 5.69 Å². The highest BCUT2D eigenvalue weighted by Crippen LogP contribution is 2.42. The predicted molar refractivity (Wildman–Crippen MR) is 64.6 cm³/mol. The molecule has 0 unspecified atom stereocenters. The number of nitro groups is 1. The summed E-state index contributed by atoms with van der Waals surface area (Å²) >= 11 is 5.49. The number of alkyl halides is 3. The lowest BCUT2D eigenvalue weighted by Gasteiger charge is -2.19. The number of benzene rings is 1. The molecule has 2 rings (SSSR count). The molecule has 0 radical (unpaired) electrons. The maximum atomic E-state index is 12.8. The van der Waals surface area contributed by atoms with Crippen molar-refractivity contribution in [3.63, 3.8) is 0 Å². The lowest BCUT2D eigenvalue weighted by Crippen LogP contribution is -2.20. The van der Waals surface area contributed by atoms with E-state index in [1.807, 2.05) is 0 Å². The van der Waals surface area contributed by atoms with Crippen molar-refractivity contribution < 1.29 is 18.1 Å². The van der Waals surface area contributed by atoms with Crippen LogP contribution in [0.5, 0.6) is 0 Å². The first-order valence-corrected chi connectivity index (χ1v) is 5.98. The molecule has 1 heterocycles. The molecule has 1 aromatic carbocycles. The number of anilines is 1. The first kappa shape index (κ1) is 13.9. The Bertz CT molecular complexity index is 513. The molecule has 4 nitrogen and oxygen atoms in total. The summed E-state index contributed by atoms with van der Waals surface area (Å²) in [4.78, 5) is 11.8. The third kappa shape index (κ3) is 2.75. The van der Waals surface area contributed by atoms with E-state index in [4.69, 9.17) is 11.6 Å². The van der Waals surface area contributed by atoms with Gasteiger partial charge in [-0.15, -0.1) is 0 Å². The zero-order valence-corrected chi connectivity index (χ0v) is 10.5. The molecular formula is C11H10ClF3N2O2. The summed E-state index contributed by atoms with van der Waals surface area (Å²) < 4.78 is 38.3. The fraction of sp³-hybridized carbons (Fsp3) is 0.455. The fourth-order valence-electron chi connectivity index (χ4n) is 2.13. The summed E-state index contributed by atoms with van der Waals surface area (Å²) in [5.41, 5.74) is -1.44. The maximum Gasteiger partial charge on any atom is 0.417 e. The van der Waals surface area contributed by atoms with Gasteiger partial charge in [-0.3, -0.25) is 10.1 Å². The third-order valence-corrected chi connectivity index (χ3v) is 3.33. The Morgan fingerprint density at radius 1 is 1.26 bits per heavy atom. The third-order valence-electron chi connectivity index (χ3n) is 3.01. The molecule has 104 valence electrons. The van der Waals surface area contributed by atoms with E-state index in [1.54, 1.807) is 4.90 Å². The first-order valence-electron chi connectivity index (χ1n) is 5.61. The van der Waals surface area contributed by atoms with Gasteiger partial charge >= 0.3 is 6.18 Å². The molecule has 0 aromatic heterocycles. The van der Waals surface area contributed by atoms with Gasteiger partial charge in [0.15, 0.2) is 0 Å². The number of halogens is 4. The number of hydrogen-bond donors (Lipinski definition) is 0. The van der Waals surface area contributed by atoms with Gasteiger partial charge in [0.1, 0.15) is 5.69 Å². The molecule has 1 fully saturated rings. The number of rotatable bonds is 2. The van der Waals surface area contributed by atoms with Crippen LogP contribution >= 0.6 is 11.6 Å². The van der Waals surface area contributed by atoms with Gasteiger partial charge in [-0.2, -0.15) is 13.2 Å². The highest BCUT2D eigenvalue weighted by Gasteiger charge is 2.36. The van der Waals surface area contributed by atoms with Crippen LogP contribution in [0.1, 0.15) is 18.4 Å². The highest BCUT2D eigenvalue weighted by molar-refractivity contribution is 6.31. The van der Waals surface area contributed by atoms with Crippen LogP contribution < -0.4 is 4.90 Å². The predicted octanol–water partition coefficient (Wildman–Crippen LogP) is 3.87. The van der Waals surface area contributed by atoms with E-state index < -0.39 is 21.7 Å². The van der Waals surface area contributed by atoms with Gasteiger partial charge in [0, 0.05) is 19.2 Å². The molecule has 19 heavy (non-hydrogen) atoms. The minimum Gasteiger partial charge on any atom is -0.366 e. The first-order chi connectivity index (χ1) is 8.80. The molecule has 0 aliphatic carbocycles. The zero-order chi connectivity index (χ0) is 14.2. The highest BCUT2D eigenvalue weighted by atomic mass is 35.5. The van der Waals surface area contributed by atoms with Crippen LogP contribution in [0.15, 0.2) is 12.1 Å². The minimum atomic E-state index is -4.62. The van der Waals surface area contributed by atoms with Crippen molar-refractivity contribution in [3.8, 4) is 0 Å². The van der Waals surface area contributed by atoms with Crippen molar-refractivity contribution in [1.29, 1.82) is 0 Å². The van der Waals surface area contributed by atoms with Gasteiger partial charge in [-0.05, 0) is 18.9 Å². The van der Waals surface area contributed by atoms with E-state index in [0.29, 0.717) is 13.1 Å². The zero-order valence-electron chi connectivity index (χ0n) is 9.71. The van der Waals surface area contributed by atoms with Gasteiger partial charge in [0.05, 0.1) is 15.5 Å². The van der Waals surface area contributed by atoms with Crippen LogP contribution in [-0.4, -0.2) is 18.0 Å². The molecule has 1 saturated heterocycles. The standard InChI is InChI=1S/C11H10ClF3N2O2/c12-8-6-10(17(18)19)9(16-3-1-2-4-16)5-7(8)11(13,14)15/h5-6H,1-4H2. The Balaban J connectivity index is 2.57. The van der Waals surface area contributed by atoms with E-state index in [-0.39, 0.29) is 11.4 Å². The molecule has 0 saturated carbocycles. The number of nitrogens with zero attached hydrogens (tertiary/aromatic N) is 2. The Labute approximate surface area is 111 Å². The normalized spacial score (nSPS) is 15.9. The largest absolute Gasteiger partial charge is 0.417 e. The van der Waals surface area contributed by atoms with E-state index in [1.165, 1.54) is 0 Å². The smallest absolute Gasteiger partial charge is 0.366 e. The summed E-state index contributed by atoms with van der Waals surface area (Å²) in [7, 11) is 0. The molecule has 0 bridgehead atoms. The van der Waals surface area contributed by atoms with Crippen LogP contribution in [0.2, 0.25) is 5.02 Å². The van der Waals surface area contributed by atoms with Gasteiger partial charge in [0.2, 0.25) is 0 Å².